The minimum Gasteiger partial charge on any atom is -0.389 e. The fourth-order valence-corrected chi connectivity index (χ4v) is 1.85. The molecule has 0 spiro atoms. The van der Waals surface area contributed by atoms with Gasteiger partial charge in [0.15, 0.2) is 0 Å². The predicted octanol–water partition coefficient (Wildman–Crippen LogP) is 1.18. The van der Waals surface area contributed by atoms with E-state index in [0.717, 1.165) is 25.7 Å². The third-order valence-corrected chi connectivity index (χ3v) is 2.65. The largest absolute Gasteiger partial charge is 0.389 e. The first-order valence-electron chi connectivity index (χ1n) is 5.07. The number of rotatable bonds is 4. The number of hydrogen-bond donors (Lipinski definition) is 2. The van der Waals surface area contributed by atoms with Crippen molar-refractivity contribution in [2.75, 3.05) is 13.1 Å². The van der Waals surface area contributed by atoms with Crippen molar-refractivity contribution in [2.45, 2.75) is 44.1 Å². The van der Waals surface area contributed by atoms with Crippen LogP contribution in [-0.4, -0.2) is 23.8 Å². The van der Waals surface area contributed by atoms with E-state index in [0.29, 0.717) is 19.5 Å². The first kappa shape index (κ1) is 10.5. The van der Waals surface area contributed by atoms with E-state index in [-0.39, 0.29) is 0 Å². The molecule has 3 heteroatoms. The number of nitriles is 1. The molecule has 1 aliphatic rings. The SMILES string of the molecule is N#CCCNCC1(O)CCCCC1. The predicted molar refractivity (Wildman–Crippen MR) is 51.1 cm³/mol. The van der Waals surface area contributed by atoms with Gasteiger partial charge in [-0.3, -0.25) is 0 Å². The van der Waals surface area contributed by atoms with Crippen molar-refractivity contribution in [1.82, 2.24) is 5.32 Å². The van der Waals surface area contributed by atoms with Crippen LogP contribution in [0, 0.1) is 11.3 Å². The summed E-state index contributed by atoms with van der Waals surface area (Å²) in [5.74, 6) is 0. The van der Waals surface area contributed by atoms with Gasteiger partial charge < -0.3 is 10.4 Å². The molecule has 0 aromatic rings. The maximum absolute atomic E-state index is 10.0. The van der Waals surface area contributed by atoms with Crippen LogP contribution in [0.4, 0.5) is 0 Å². The van der Waals surface area contributed by atoms with Gasteiger partial charge >= 0.3 is 0 Å². The highest BCUT2D eigenvalue weighted by molar-refractivity contribution is 4.84. The quantitative estimate of drug-likeness (QED) is 0.642. The summed E-state index contributed by atoms with van der Waals surface area (Å²) >= 11 is 0. The van der Waals surface area contributed by atoms with E-state index in [9.17, 15) is 5.11 Å². The van der Waals surface area contributed by atoms with Gasteiger partial charge in [-0.2, -0.15) is 5.26 Å². The molecule has 1 saturated carbocycles. The Labute approximate surface area is 79.8 Å². The lowest BCUT2D eigenvalue weighted by atomic mass is 9.85. The molecule has 0 aromatic heterocycles. The van der Waals surface area contributed by atoms with E-state index in [4.69, 9.17) is 5.26 Å². The summed E-state index contributed by atoms with van der Waals surface area (Å²) in [5.41, 5.74) is -0.492. The van der Waals surface area contributed by atoms with Crippen LogP contribution in [-0.2, 0) is 0 Å². The second kappa shape index (κ2) is 5.21. The summed E-state index contributed by atoms with van der Waals surface area (Å²) in [5, 5.41) is 21.5. The van der Waals surface area contributed by atoms with E-state index in [2.05, 4.69) is 11.4 Å². The lowest BCUT2D eigenvalue weighted by molar-refractivity contribution is 0.00523. The first-order chi connectivity index (χ1) is 6.27. The molecule has 1 fully saturated rings. The molecule has 74 valence electrons. The Balaban J connectivity index is 2.14. The van der Waals surface area contributed by atoms with Crippen molar-refractivity contribution < 1.29 is 5.11 Å². The van der Waals surface area contributed by atoms with Crippen LogP contribution in [0.15, 0.2) is 0 Å². The molecular weight excluding hydrogens is 164 g/mol. The molecule has 0 radical (unpaired) electrons. The van der Waals surface area contributed by atoms with E-state index < -0.39 is 5.60 Å². The second-order valence-corrected chi connectivity index (χ2v) is 3.87. The minimum absolute atomic E-state index is 0.492. The van der Waals surface area contributed by atoms with Crippen molar-refractivity contribution >= 4 is 0 Å². The zero-order valence-electron chi connectivity index (χ0n) is 8.05. The van der Waals surface area contributed by atoms with Gasteiger partial charge in [0, 0.05) is 19.5 Å². The third kappa shape index (κ3) is 3.75. The van der Waals surface area contributed by atoms with Crippen LogP contribution < -0.4 is 5.32 Å². The standard InChI is InChI=1S/C10H18N2O/c11-7-4-8-12-9-10(13)5-2-1-3-6-10/h12-13H,1-6,8-9H2. The van der Waals surface area contributed by atoms with Crippen molar-refractivity contribution in [3.05, 3.63) is 0 Å². The molecule has 0 unspecified atom stereocenters. The third-order valence-electron chi connectivity index (χ3n) is 2.65. The van der Waals surface area contributed by atoms with Crippen LogP contribution in [0.5, 0.6) is 0 Å². The van der Waals surface area contributed by atoms with E-state index >= 15 is 0 Å². The van der Waals surface area contributed by atoms with Gasteiger partial charge in [-0.25, -0.2) is 0 Å². The normalized spacial score (nSPS) is 20.9. The van der Waals surface area contributed by atoms with Gasteiger partial charge in [-0.1, -0.05) is 19.3 Å². The number of nitrogens with one attached hydrogen (secondary N) is 1. The summed E-state index contributed by atoms with van der Waals surface area (Å²) in [7, 11) is 0. The van der Waals surface area contributed by atoms with Gasteiger partial charge in [0.25, 0.3) is 0 Å². The molecule has 13 heavy (non-hydrogen) atoms. The molecule has 1 rings (SSSR count). The molecule has 0 heterocycles. The monoisotopic (exact) mass is 182 g/mol. The molecule has 0 saturated heterocycles. The fraction of sp³-hybridized carbons (Fsp3) is 0.900. The molecular formula is C10H18N2O. The lowest BCUT2D eigenvalue weighted by Gasteiger charge is -2.32. The molecule has 1 aliphatic carbocycles. The Bertz CT molecular complexity index is 180. The van der Waals surface area contributed by atoms with E-state index in [1.54, 1.807) is 0 Å². The Morgan fingerprint density at radius 2 is 2.00 bits per heavy atom. The highest BCUT2D eigenvalue weighted by Gasteiger charge is 2.28. The zero-order valence-corrected chi connectivity index (χ0v) is 8.05. The minimum atomic E-state index is -0.492. The highest BCUT2D eigenvalue weighted by atomic mass is 16.3. The van der Waals surface area contributed by atoms with Gasteiger partial charge in [-0.05, 0) is 12.8 Å². The van der Waals surface area contributed by atoms with Crippen LogP contribution in [0.2, 0.25) is 0 Å². The highest BCUT2D eigenvalue weighted by Crippen LogP contribution is 2.27. The average Bonchev–Trinajstić information content (AvgIpc) is 2.14. The molecule has 2 N–H and O–H groups in total. The molecule has 0 bridgehead atoms. The molecule has 0 atom stereocenters. The second-order valence-electron chi connectivity index (χ2n) is 3.87. The van der Waals surface area contributed by atoms with Crippen LogP contribution in [0.3, 0.4) is 0 Å². The van der Waals surface area contributed by atoms with E-state index in [1.165, 1.54) is 6.42 Å². The molecule has 3 nitrogen and oxygen atoms in total. The van der Waals surface area contributed by atoms with Gasteiger partial charge in [0.05, 0.1) is 11.7 Å². The smallest absolute Gasteiger partial charge is 0.0771 e. The number of hydrogen-bond acceptors (Lipinski definition) is 3. The van der Waals surface area contributed by atoms with Gasteiger partial charge in [0.1, 0.15) is 0 Å². The Morgan fingerprint density at radius 3 is 2.62 bits per heavy atom. The summed E-state index contributed by atoms with van der Waals surface area (Å²) in [4.78, 5) is 0. The summed E-state index contributed by atoms with van der Waals surface area (Å²) in [6.07, 6.45) is 5.86. The summed E-state index contributed by atoms with van der Waals surface area (Å²) < 4.78 is 0. The Hall–Kier alpha value is -0.590. The van der Waals surface area contributed by atoms with Crippen LogP contribution >= 0.6 is 0 Å². The molecule has 0 amide bonds. The topological polar surface area (TPSA) is 56.0 Å². The molecule has 0 aliphatic heterocycles. The maximum Gasteiger partial charge on any atom is 0.0771 e. The van der Waals surface area contributed by atoms with Gasteiger partial charge in [0.2, 0.25) is 0 Å². The van der Waals surface area contributed by atoms with Crippen molar-refractivity contribution in [1.29, 1.82) is 5.26 Å². The first-order valence-corrected chi connectivity index (χ1v) is 5.07. The van der Waals surface area contributed by atoms with Crippen LogP contribution in [0.25, 0.3) is 0 Å². The Morgan fingerprint density at radius 1 is 1.31 bits per heavy atom. The van der Waals surface area contributed by atoms with Crippen LogP contribution in [0.1, 0.15) is 38.5 Å². The maximum atomic E-state index is 10.0. The molecule has 0 aromatic carbocycles. The Kier molecular flexibility index (Phi) is 4.20. The van der Waals surface area contributed by atoms with Crippen molar-refractivity contribution in [3.8, 4) is 6.07 Å². The number of nitrogens with zero attached hydrogens (tertiary/aromatic N) is 1. The van der Waals surface area contributed by atoms with Crippen molar-refractivity contribution in [3.63, 3.8) is 0 Å². The van der Waals surface area contributed by atoms with E-state index in [1.807, 2.05) is 0 Å². The van der Waals surface area contributed by atoms with Crippen molar-refractivity contribution in [2.24, 2.45) is 0 Å². The fourth-order valence-electron chi connectivity index (χ4n) is 1.85. The van der Waals surface area contributed by atoms with Gasteiger partial charge in [-0.15, -0.1) is 0 Å². The summed E-state index contributed by atoms with van der Waals surface area (Å²) in [6, 6.07) is 2.07. The lowest BCUT2D eigenvalue weighted by Crippen LogP contribution is -2.42. The zero-order chi connectivity index (χ0) is 9.57. The summed E-state index contributed by atoms with van der Waals surface area (Å²) in [6.45, 7) is 1.34. The average molecular weight is 182 g/mol. The number of aliphatic hydroxyl groups is 1.